The molecule has 0 heterocycles. The summed E-state index contributed by atoms with van der Waals surface area (Å²) < 4.78 is 40.6. The van der Waals surface area contributed by atoms with Crippen molar-refractivity contribution in [3.63, 3.8) is 0 Å². The zero-order valence-electron chi connectivity index (χ0n) is 17.9. The summed E-state index contributed by atoms with van der Waals surface area (Å²) in [4.78, 5) is 25.2. The summed E-state index contributed by atoms with van der Waals surface area (Å²) in [6, 6.07) is 19.3. The third-order valence-electron chi connectivity index (χ3n) is 3.96. The predicted molar refractivity (Wildman–Crippen MR) is 124 cm³/mol. The van der Waals surface area contributed by atoms with Crippen molar-refractivity contribution < 1.29 is 22.8 Å². The van der Waals surface area contributed by atoms with E-state index in [1.807, 2.05) is 44.2 Å². The highest BCUT2D eigenvalue weighted by atomic mass is 32.2. The topological polar surface area (TPSA) is 82.3 Å². The average Bonchev–Trinajstić information content (AvgIpc) is 2.83. The normalized spacial score (nSPS) is 10.3. The van der Waals surface area contributed by atoms with Gasteiger partial charge in [-0.3, -0.25) is 14.9 Å². The molecule has 0 unspecified atom stereocenters. The minimum Gasteiger partial charge on any atom is -0.355 e. The van der Waals surface area contributed by atoms with Gasteiger partial charge in [0, 0.05) is 10.6 Å². The van der Waals surface area contributed by atoms with Gasteiger partial charge in [0.25, 0.3) is 5.91 Å². The van der Waals surface area contributed by atoms with Crippen molar-refractivity contribution in [3.05, 3.63) is 90.0 Å². The summed E-state index contributed by atoms with van der Waals surface area (Å²) in [6.07, 6.45) is -4.43. The lowest BCUT2D eigenvalue weighted by Gasteiger charge is -2.14. The fraction of sp³-hybridized carbons (Fsp3) is 0.130. The van der Waals surface area contributed by atoms with Crippen LogP contribution in [0.15, 0.2) is 83.8 Å². The molecule has 33 heavy (non-hydrogen) atoms. The van der Waals surface area contributed by atoms with Crippen LogP contribution < -0.4 is 20.9 Å². The number of para-hydroxylation sites is 1. The first kappa shape index (κ1) is 25.6. The summed E-state index contributed by atoms with van der Waals surface area (Å²) in [6.45, 7) is 4.00. The fourth-order valence-corrected chi connectivity index (χ4v) is 3.04. The number of anilines is 2. The van der Waals surface area contributed by atoms with Crippen LogP contribution in [0.25, 0.3) is 0 Å². The monoisotopic (exact) mass is 476 g/mol. The predicted octanol–water partition coefficient (Wildman–Crippen LogP) is 6.13. The molecule has 3 aromatic carbocycles. The van der Waals surface area contributed by atoms with Gasteiger partial charge in [0.1, 0.15) is 0 Å². The number of carbonyl (C=O) groups is 2. The SMILES string of the molecule is CC.O=C(NNC(=O)c1ccccc1Nc1ccc(C(F)(F)F)cc1)NSc1ccccc1. The molecular weight excluding hydrogens is 453 g/mol. The van der Waals surface area contributed by atoms with Crippen molar-refractivity contribution in [2.75, 3.05) is 5.32 Å². The van der Waals surface area contributed by atoms with Gasteiger partial charge in [-0.15, -0.1) is 0 Å². The third kappa shape index (κ3) is 8.08. The molecule has 3 rings (SSSR count). The minimum absolute atomic E-state index is 0.193. The Balaban J connectivity index is 0.00000187. The van der Waals surface area contributed by atoms with E-state index in [-0.39, 0.29) is 5.56 Å². The molecule has 0 aliphatic heterocycles. The van der Waals surface area contributed by atoms with Crippen LogP contribution in [0.4, 0.5) is 29.3 Å². The van der Waals surface area contributed by atoms with Crippen LogP contribution in [0.3, 0.4) is 0 Å². The van der Waals surface area contributed by atoms with Crippen LogP contribution in [-0.4, -0.2) is 11.9 Å². The number of amides is 3. The van der Waals surface area contributed by atoms with Crippen molar-refractivity contribution in [1.82, 2.24) is 15.6 Å². The number of carbonyl (C=O) groups excluding carboxylic acids is 2. The first-order valence-electron chi connectivity index (χ1n) is 9.94. The molecule has 0 spiro atoms. The summed E-state index contributed by atoms with van der Waals surface area (Å²) in [7, 11) is 0. The number of benzene rings is 3. The molecule has 0 bridgehead atoms. The van der Waals surface area contributed by atoms with Crippen molar-refractivity contribution in [1.29, 1.82) is 0 Å². The Labute approximate surface area is 194 Å². The van der Waals surface area contributed by atoms with E-state index in [0.29, 0.717) is 11.4 Å². The van der Waals surface area contributed by atoms with E-state index in [4.69, 9.17) is 0 Å². The Morgan fingerprint density at radius 2 is 1.39 bits per heavy atom. The zero-order chi connectivity index (χ0) is 24.3. The number of hydrogen-bond donors (Lipinski definition) is 4. The quantitative estimate of drug-likeness (QED) is 0.264. The molecule has 0 aliphatic rings. The highest BCUT2D eigenvalue weighted by molar-refractivity contribution is 7.98. The molecular formula is C23H23F3N4O2S. The fourth-order valence-electron chi connectivity index (χ4n) is 2.49. The number of alkyl halides is 3. The molecule has 0 radical (unpaired) electrons. The van der Waals surface area contributed by atoms with Gasteiger partial charge < -0.3 is 5.32 Å². The standard InChI is InChI=1S/C21H17F3N4O2S.C2H6/c22-21(23,24)14-10-12-15(13-11-14)25-18-9-5-4-8-17(18)19(29)26-27-20(30)28-31-16-6-2-1-3-7-16;1-2/h1-13,25H,(H,26,29)(H2,27,28,30);1-2H3. The molecule has 174 valence electrons. The molecule has 6 nitrogen and oxygen atoms in total. The number of hydrogen-bond acceptors (Lipinski definition) is 4. The Hall–Kier alpha value is -3.66. The van der Waals surface area contributed by atoms with Crippen LogP contribution in [0, 0.1) is 0 Å². The van der Waals surface area contributed by atoms with Gasteiger partial charge >= 0.3 is 12.2 Å². The molecule has 0 saturated carbocycles. The average molecular weight is 477 g/mol. The Morgan fingerprint density at radius 1 is 0.788 bits per heavy atom. The maximum Gasteiger partial charge on any atom is 0.416 e. The lowest BCUT2D eigenvalue weighted by molar-refractivity contribution is -0.137. The molecule has 0 atom stereocenters. The molecule has 10 heteroatoms. The Bertz CT molecular complexity index is 1050. The molecule has 4 N–H and O–H groups in total. The molecule has 0 fully saturated rings. The number of halogens is 3. The maximum absolute atomic E-state index is 12.7. The van der Waals surface area contributed by atoms with Gasteiger partial charge in [0.15, 0.2) is 0 Å². The number of hydrazine groups is 1. The van der Waals surface area contributed by atoms with Gasteiger partial charge in [-0.1, -0.05) is 44.2 Å². The number of rotatable bonds is 5. The van der Waals surface area contributed by atoms with E-state index < -0.39 is 23.7 Å². The van der Waals surface area contributed by atoms with E-state index in [9.17, 15) is 22.8 Å². The highest BCUT2D eigenvalue weighted by Gasteiger charge is 2.30. The second-order valence-corrected chi connectivity index (χ2v) is 7.05. The smallest absolute Gasteiger partial charge is 0.355 e. The van der Waals surface area contributed by atoms with Gasteiger partial charge in [-0.25, -0.2) is 10.2 Å². The van der Waals surface area contributed by atoms with Crippen LogP contribution in [0.5, 0.6) is 0 Å². The first-order chi connectivity index (χ1) is 15.8. The van der Waals surface area contributed by atoms with E-state index in [2.05, 4.69) is 20.9 Å². The van der Waals surface area contributed by atoms with Crippen molar-refractivity contribution in [2.24, 2.45) is 0 Å². The highest BCUT2D eigenvalue weighted by Crippen LogP contribution is 2.30. The Kier molecular flexibility index (Phi) is 9.62. The minimum atomic E-state index is -4.43. The van der Waals surface area contributed by atoms with Crippen molar-refractivity contribution in [3.8, 4) is 0 Å². The lowest BCUT2D eigenvalue weighted by atomic mass is 10.1. The maximum atomic E-state index is 12.7. The molecule has 0 saturated heterocycles. The first-order valence-corrected chi connectivity index (χ1v) is 10.8. The van der Waals surface area contributed by atoms with Crippen molar-refractivity contribution >= 4 is 35.3 Å². The van der Waals surface area contributed by atoms with Gasteiger partial charge in [0.05, 0.1) is 16.8 Å². The Morgan fingerprint density at radius 3 is 2.03 bits per heavy atom. The van der Waals surface area contributed by atoms with Crippen molar-refractivity contribution in [2.45, 2.75) is 24.9 Å². The van der Waals surface area contributed by atoms with Crippen LogP contribution in [-0.2, 0) is 6.18 Å². The van der Waals surface area contributed by atoms with Crippen LogP contribution >= 0.6 is 11.9 Å². The van der Waals surface area contributed by atoms with Gasteiger partial charge in [0.2, 0.25) is 0 Å². The van der Waals surface area contributed by atoms with Crippen LogP contribution in [0.2, 0.25) is 0 Å². The second-order valence-electron chi connectivity index (χ2n) is 6.17. The van der Waals surface area contributed by atoms with E-state index in [1.165, 1.54) is 18.2 Å². The van der Waals surface area contributed by atoms with Gasteiger partial charge in [-0.05, 0) is 60.5 Å². The summed E-state index contributed by atoms with van der Waals surface area (Å²) in [5.74, 6) is -0.602. The second kappa shape index (κ2) is 12.4. The number of urea groups is 1. The van der Waals surface area contributed by atoms with E-state index in [1.54, 1.807) is 18.2 Å². The summed E-state index contributed by atoms with van der Waals surface area (Å²) in [5, 5.41) is 2.91. The van der Waals surface area contributed by atoms with E-state index in [0.717, 1.165) is 29.0 Å². The lowest BCUT2D eigenvalue weighted by Crippen LogP contribution is -2.45. The van der Waals surface area contributed by atoms with Gasteiger partial charge in [-0.2, -0.15) is 13.2 Å². The molecule has 3 aromatic rings. The molecule has 0 aliphatic carbocycles. The molecule has 3 amide bonds. The summed E-state index contributed by atoms with van der Waals surface area (Å²) >= 11 is 1.08. The third-order valence-corrected chi connectivity index (χ3v) is 4.75. The molecule has 0 aromatic heterocycles. The van der Waals surface area contributed by atoms with Crippen LogP contribution in [0.1, 0.15) is 29.8 Å². The largest absolute Gasteiger partial charge is 0.416 e. The van der Waals surface area contributed by atoms with E-state index >= 15 is 0 Å². The summed E-state index contributed by atoms with van der Waals surface area (Å²) in [5.41, 5.74) is 4.69. The number of nitrogens with one attached hydrogen (secondary N) is 4. The zero-order valence-corrected chi connectivity index (χ0v) is 18.7.